The minimum absolute atomic E-state index is 0.388. The van der Waals surface area contributed by atoms with Crippen LogP contribution in [0.1, 0.15) is 17.5 Å². The zero-order valence-corrected chi connectivity index (χ0v) is 9.86. The van der Waals surface area contributed by atoms with E-state index < -0.39 is 6.10 Å². The molecule has 0 spiro atoms. The highest BCUT2D eigenvalue weighted by atomic mass is 19.1. The number of nitrogens with one attached hydrogen (secondary N) is 1. The van der Waals surface area contributed by atoms with Crippen LogP contribution >= 0.6 is 0 Å². The molecule has 0 aliphatic carbocycles. The first kappa shape index (κ1) is 11.6. The molecule has 2 aromatic heterocycles. The van der Waals surface area contributed by atoms with Gasteiger partial charge in [-0.25, -0.2) is 14.1 Å². The molecule has 0 aliphatic rings. The predicted octanol–water partition coefficient (Wildman–Crippen LogP) is 1.82. The molecule has 0 amide bonds. The summed E-state index contributed by atoms with van der Waals surface area (Å²) >= 11 is 0. The second-order valence-electron chi connectivity index (χ2n) is 4.03. The van der Waals surface area contributed by atoms with Crippen molar-refractivity contribution in [2.45, 2.75) is 6.10 Å². The molecule has 0 saturated carbocycles. The van der Waals surface area contributed by atoms with Crippen molar-refractivity contribution in [3.63, 3.8) is 0 Å². The van der Waals surface area contributed by atoms with Crippen molar-refractivity contribution in [2.24, 2.45) is 0 Å². The number of hydrogen-bond donors (Lipinski definition) is 2. The van der Waals surface area contributed by atoms with Gasteiger partial charge in [-0.1, -0.05) is 6.07 Å². The molecule has 3 rings (SSSR count). The van der Waals surface area contributed by atoms with Crippen molar-refractivity contribution in [3.8, 4) is 5.69 Å². The molecule has 1 aromatic carbocycles. The Balaban J connectivity index is 2.11. The molecule has 0 radical (unpaired) electrons. The van der Waals surface area contributed by atoms with Crippen molar-refractivity contribution >= 4 is 0 Å². The first-order chi connectivity index (χ1) is 9.25. The fourth-order valence-electron chi connectivity index (χ4n) is 1.93. The summed E-state index contributed by atoms with van der Waals surface area (Å²) in [6.07, 6.45) is 5.49. The number of rotatable bonds is 3. The lowest BCUT2D eigenvalue weighted by molar-refractivity contribution is 0.210. The maximum Gasteiger partial charge on any atom is 0.139 e. The maximum absolute atomic E-state index is 13.4. The number of benzene rings is 1. The smallest absolute Gasteiger partial charge is 0.139 e. The van der Waals surface area contributed by atoms with Gasteiger partial charge >= 0.3 is 0 Å². The predicted molar refractivity (Wildman–Crippen MR) is 66.2 cm³/mol. The quantitative estimate of drug-likeness (QED) is 0.753. The molecule has 0 saturated heterocycles. The van der Waals surface area contributed by atoms with Crippen LogP contribution in [0.2, 0.25) is 0 Å². The second kappa shape index (κ2) is 4.66. The summed E-state index contributed by atoms with van der Waals surface area (Å²) in [4.78, 5) is 6.85. The molecule has 0 aliphatic heterocycles. The fourth-order valence-corrected chi connectivity index (χ4v) is 1.93. The van der Waals surface area contributed by atoms with Crippen LogP contribution in [0.15, 0.2) is 49.1 Å². The summed E-state index contributed by atoms with van der Waals surface area (Å²) in [5, 5.41) is 14.4. The Morgan fingerprint density at radius 2 is 2.21 bits per heavy atom. The molecule has 0 bridgehead atoms. The van der Waals surface area contributed by atoms with Crippen molar-refractivity contribution in [1.29, 1.82) is 0 Å². The van der Waals surface area contributed by atoms with Gasteiger partial charge in [-0.05, 0) is 18.2 Å². The molecule has 2 heterocycles. The van der Waals surface area contributed by atoms with Crippen LogP contribution in [0.5, 0.6) is 0 Å². The maximum atomic E-state index is 13.4. The number of nitrogens with zero attached hydrogens (tertiary/aromatic N) is 3. The third kappa shape index (κ3) is 2.13. The van der Waals surface area contributed by atoms with Gasteiger partial charge in [0.2, 0.25) is 0 Å². The van der Waals surface area contributed by atoms with Gasteiger partial charge < -0.3 is 10.1 Å². The van der Waals surface area contributed by atoms with Gasteiger partial charge in [0.05, 0.1) is 5.69 Å². The van der Waals surface area contributed by atoms with Crippen molar-refractivity contribution in [3.05, 3.63) is 66.3 Å². The van der Waals surface area contributed by atoms with Gasteiger partial charge in [0.25, 0.3) is 0 Å². The lowest BCUT2D eigenvalue weighted by Crippen LogP contribution is -2.08. The standard InChI is InChI=1S/C13H11FN4O/c14-9-2-3-10(12(19)13-15-5-6-16-13)11(8-9)18-7-1-4-17-18/h1-8,12,19H,(H,15,16)/t12-/m0/s1. The Hall–Kier alpha value is -2.47. The van der Waals surface area contributed by atoms with Gasteiger partial charge in [-0.2, -0.15) is 5.10 Å². The Kier molecular flexibility index (Phi) is 2.85. The van der Waals surface area contributed by atoms with E-state index in [4.69, 9.17) is 0 Å². The van der Waals surface area contributed by atoms with Gasteiger partial charge in [0, 0.05) is 30.4 Å². The first-order valence-corrected chi connectivity index (χ1v) is 5.72. The largest absolute Gasteiger partial charge is 0.380 e. The number of aliphatic hydroxyl groups excluding tert-OH is 1. The summed E-state index contributed by atoms with van der Waals surface area (Å²) < 4.78 is 14.9. The Morgan fingerprint density at radius 3 is 2.89 bits per heavy atom. The van der Waals surface area contributed by atoms with E-state index in [-0.39, 0.29) is 5.82 Å². The lowest BCUT2D eigenvalue weighted by Gasteiger charge is -2.14. The highest BCUT2D eigenvalue weighted by molar-refractivity contribution is 5.44. The molecule has 6 heteroatoms. The molecule has 1 atom stereocenters. The number of imidazole rings is 1. The topological polar surface area (TPSA) is 66.7 Å². The minimum atomic E-state index is -0.963. The van der Waals surface area contributed by atoms with E-state index in [0.29, 0.717) is 17.1 Å². The third-order valence-electron chi connectivity index (χ3n) is 2.82. The number of H-pyrrole nitrogens is 1. The van der Waals surface area contributed by atoms with E-state index in [1.54, 1.807) is 30.9 Å². The Labute approximate surface area is 108 Å². The summed E-state index contributed by atoms with van der Waals surface area (Å²) in [6, 6.07) is 5.89. The van der Waals surface area contributed by atoms with Crippen molar-refractivity contribution in [1.82, 2.24) is 19.7 Å². The molecule has 5 nitrogen and oxygen atoms in total. The molecular weight excluding hydrogens is 247 g/mol. The number of halogens is 1. The van der Waals surface area contributed by atoms with Crippen LogP contribution in [0.25, 0.3) is 5.69 Å². The second-order valence-corrected chi connectivity index (χ2v) is 4.03. The van der Waals surface area contributed by atoms with Gasteiger partial charge in [0.15, 0.2) is 0 Å². The molecular formula is C13H11FN4O. The zero-order chi connectivity index (χ0) is 13.2. The van der Waals surface area contributed by atoms with Crippen LogP contribution in [0.4, 0.5) is 4.39 Å². The van der Waals surface area contributed by atoms with E-state index in [2.05, 4.69) is 15.1 Å². The summed E-state index contributed by atoms with van der Waals surface area (Å²) in [6.45, 7) is 0. The molecule has 0 fully saturated rings. The highest BCUT2D eigenvalue weighted by Gasteiger charge is 2.18. The average Bonchev–Trinajstić information content (AvgIpc) is 3.11. The van der Waals surface area contributed by atoms with Crippen molar-refractivity contribution < 1.29 is 9.50 Å². The zero-order valence-electron chi connectivity index (χ0n) is 9.86. The third-order valence-corrected chi connectivity index (χ3v) is 2.82. The number of hydrogen-bond acceptors (Lipinski definition) is 3. The highest BCUT2D eigenvalue weighted by Crippen LogP contribution is 2.25. The number of aromatic amines is 1. The molecule has 0 unspecified atom stereocenters. The number of aromatic nitrogens is 4. The van der Waals surface area contributed by atoms with Crippen LogP contribution < -0.4 is 0 Å². The van der Waals surface area contributed by atoms with Crippen LogP contribution in [-0.2, 0) is 0 Å². The summed E-state index contributed by atoms with van der Waals surface area (Å²) in [5.41, 5.74) is 1.01. The van der Waals surface area contributed by atoms with E-state index in [0.717, 1.165) is 0 Å². The number of aliphatic hydroxyl groups is 1. The molecule has 3 aromatic rings. The monoisotopic (exact) mass is 258 g/mol. The molecule has 2 N–H and O–H groups in total. The van der Waals surface area contributed by atoms with Gasteiger partial charge in [-0.3, -0.25) is 0 Å². The summed E-state index contributed by atoms with van der Waals surface area (Å²) in [7, 11) is 0. The minimum Gasteiger partial charge on any atom is -0.380 e. The van der Waals surface area contributed by atoms with Crippen LogP contribution in [0.3, 0.4) is 0 Å². The van der Waals surface area contributed by atoms with E-state index in [9.17, 15) is 9.50 Å². The molecule has 96 valence electrons. The van der Waals surface area contributed by atoms with E-state index in [1.165, 1.54) is 22.9 Å². The molecule has 19 heavy (non-hydrogen) atoms. The average molecular weight is 258 g/mol. The summed E-state index contributed by atoms with van der Waals surface area (Å²) in [5.74, 6) is 0.0147. The normalized spacial score (nSPS) is 12.5. The first-order valence-electron chi connectivity index (χ1n) is 5.72. The lowest BCUT2D eigenvalue weighted by atomic mass is 10.1. The van der Waals surface area contributed by atoms with Gasteiger partial charge in [0.1, 0.15) is 17.7 Å². The van der Waals surface area contributed by atoms with Crippen LogP contribution in [-0.4, -0.2) is 24.9 Å². The van der Waals surface area contributed by atoms with Gasteiger partial charge in [-0.15, -0.1) is 0 Å². The van der Waals surface area contributed by atoms with Crippen LogP contribution in [0, 0.1) is 5.82 Å². The Morgan fingerprint density at radius 1 is 1.32 bits per heavy atom. The van der Waals surface area contributed by atoms with E-state index >= 15 is 0 Å². The SMILES string of the molecule is O[C@H](c1ncc[nH]1)c1ccc(F)cc1-n1cccn1. The Bertz CT molecular complexity index is 664. The van der Waals surface area contributed by atoms with Crippen molar-refractivity contribution in [2.75, 3.05) is 0 Å². The van der Waals surface area contributed by atoms with E-state index in [1.807, 2.05) is 0 Å². The fraction of sp³-hybridized carbons (Fsp3) is 0.0769.